The van der Waals surface area contributed by atoms with Crippen LogP contribution in [0, 0.1) is 0 Å². The van der Waals surface area contributed by atoms with Crippen molar-refractivity contribution >= 4 is 23.9 Å². The summed E-state index contributed by atoms with van der Waals surface area (Å²) in [5.41, 5.74) is 0. The molecule has 0 heterocycles. The third-order valence-electron chi connectivity index (χ3n) is 4.39. The van der Waals surface area contributed by atoms with Crippen molar-refractivity contribution < 1.29 is 38.1 Å². The summed E-state index contributed by atoms with van der Waals surface area (Å²) in [6, 6.07) is 0. The van der Waals surface area contributed by atoms with E-state index in [1.807, 2.05) is 0 Å². The number of ether oxygens (including phenoxy) is 4. The molecule has 32 heavy (non-hydrogen) atoms. The minimum atomic E-state index is -0.845. The zero-order valence-corrected chi connectivity index (χ0v) is 18.8. The van der Waals surface area contributed by atoms with Crippen LogP contribution in [-0.2, 0) is 38.1 Å². The van der Waals surface area contributed by atoms with Crippen LogP contribution in [0.25, 0.3) is 0 Å². The SMILES string of the molecule is C=CC(=O)OC(CCCCC)OC(=O)C=C.C=CC(=O)OC1CCC(OC(=O)C=C)CC1. The maximum atomic E-state index is 11.0. The minimum absolute atomic E-state index is 0.0795. The van der Waals surface area contributed by atoms with E-state index in [-0.39, 0.29) is 12.2 Å². The van der Waals surface area contributed by atoms with Crippen LogP contribution in [0.15, 0.2) is 50.6 Å². The highest BCUT2D eigenvalue weighted by Crippen LogP contribution is 2.23. The minimum Gasteiger partial charge on any atom is -0.459 e. The molecule has 1 saturated carbocycles. The predicted molar refractivity (Wildman–Crippen MR) is 119 cm³/mol. The molecule has 1 aliphatic carbocycles. The molecule has 0 N–H and O–H groups in total. The summed E-state index contributed by atoms with van der Waals surface area (Å²) in [6.07, 6.45) is 9.61. The number of carbonyl (C=O) groups excluding carboxylic acids is 4. The van der Waals surface area contributed by atoms with Gasteiger partial charge in [0.2, 0.25) is 6.29 Å². The normalized spacial score (nSPS) is 16.9. The number of esters is 4. The van der Waals surface area contributed by atoms with E-state index >= 15 is 0 Å². The Morgan fingerprint density at radius 1 is 0.719 bits per heavy atom. The Labute approximate surface area is 189 Å². The first kappa shape index (κ1) is 28.8. The Kier molecular flexibility index (Phi) is 15.8. The molecule has 0 aliphatic heterocycles. The highest BCUT2D eigenvalue weighted by molar-refractivity contribution is 5.83. The Morgan fingerprint density at radius 2 is 1.09 bits per heavy atom. The Balaban J connectivity index is 0.000000601. The van der Waals surface area contributed by atoms with Crippen LogP contribution < -0.4 is 0 Å². The molecule has 0 unspecified atom stereocenters. The summed E-state index contributed by atoms with van der Waals surface area (Å²) in [5, 5.41) is 0. The largest absolute Gasteiger partial charge is 0.459 e. The van der Waals surface area contributed by atoms with Crippen LogP contribution in [0.4, 0.5) is 0 Å². The first-order valence-electron chi connectivity index (χ1n) is 10.6. The first-order valence-corrected chi connectivity index (χ1v) is 10.6. The Bertz CT molecular complexity index is 607. The van der Waals surface area contributed by atoms with E-state index < -0.39 is 30.2 Å². The molecule has 0 radical (unpaired) electrons. The van der Waals surface area contributed by atoms with Crippen LogP contribution in [0.1, 0.15) is 58.3 Å². The molecule has 1 rings (SSSR count). The summed E-state index contributed by atoms with van der Waals surface area (Å²) in [4.78, 5) is 43.8. The highest BCUT2D eigenvalue weighted by Gasteiger charge is 2.25. The molecule has 0 aromatic carbocycles. The van der Waals surface area contributed by atoms with Crippen molar-refractivity contribution in [1.82, 2.24) is 0 Å². The lowest BCUT2D eigenvalue weighted by Gasteiger charge is -2.27. The standard InChI is InChI=1S/C12H16O4.C12H18O4/c1-3-11(13)15-9-5-7-10(8-6-9)16-12(14)4-2;1-4-7-8-9-12(15-10(13)5-2)16-11(14)6-3/h3-4,9-10H,1-2,5-8H2;5-6,12H,2-4,7-9H2,1H3. The molecule has 0 aromatic rings. The average molecular weight is 451 g/mol. The molecule has 1 fully saturated rings. The van der Waals surface area contributed by atoms with Gasteiger partial charge in [-0.05, 0) is 32.1 Å². The molecule has 178 valence electrons. The molecule has 8 heteroatoms. The van der Waals surface area contributed by atoms with Gasteiger partial charge in [0.25, 0.3) is 0 Å². The summed E-state index contributed by atoms with van der Waals surface area (Å²) in [5.74, 6) is -1.99. The van der Waals surface area contributed by atoms with Crippen LogP contribution in [0.3, 0.4) is 0 Å². The fraction of sp³-hybridized carbons (Fsp3) is 0.500. The van der Waals surface area contributed by atoms with Gasteiger partial charge in [-0.2, -0.15) is 0 Å². The summed E-state index contributed by atoms with van der Waals surface area (Å²) >= 11 is 0. The van der Waals surface area contributed by atoms with Gasteiger partial charge in [-0.25, -0.2) is 19.2 Å². The van der Waals surface area contributed by atoms with E-state index in [0.29, 0.717) is 32.1 Å². The zero-order chi connectivity index (χ0) is 24.4. The van der Waals surface area contributed by atoms with Crippen LogP contribution in [0.2, 0.25) is 0 Å². The van der Waals surface area contributed by atoms with Crippen molar-refractivity contribution in [2.45, 2.75) is 76.8 Å². The van der Waals surface area contributed by atoms with Crippen molar-refractivity contribution in [2.24, 2.45) is 0 Å². The second kappa shape index (κ2) is 17.5. The third kappa shape index (κ3) is 14.0. The van der Waals surface area contributed by atoms with Gasteiger partial charge in [-0.3, -0.25) is 0 Å². The summed E-state index contributed by atoms with van der Waals surface area (Å²) < 4.78 is 19.9. The Hall–Kier alpha value is -3.16. The summed E-state index contributed by atoms with van der Waals surface area (Å²) in [6.45, 7) is 15.3. The zero-order valence-electron chi connectivity index (χ0n) is 18.8. The van der Waals surface area contributed by atoms with Gasteiger partial charge in [0, 0.05) is 30.7 Å². The molecule has 0 bridgehead atoms. The molecular formula is C24H34O8. The second-order valence-corrected chi connectivity index (χ2v) is 6.89. The monoisotopic (exact) mass is 450 g/mol. The maximum absolute atomic E-state index is 11.0. The van der Waals surface area contributed by atoms with Crippen molar-refractivity contribution in [1.29, 1.82) is 0 Å². The lowest BCUT2D eigenvalue weighted by Crippen LogP contribution is -2.29. The molecule has 0 aromatic heterocycles. The van der Waals surface area contributed by atoms with Crippen molar-refractivity contribution in [3.8, 4) is 0 Å². The second-order valence-electron chi connectivity index (χ2n) is 6.89. The number of rotatable bonds is 12. The number of hydrogen-bond donors (Lipinski definition) is 0. The number of unbranched alkanes of at least 4 members (excludes halogenated alkanes) is 2. The molecule has 0 saturated heterocycles. The average Bonchev–Trinajstić information content (AvgIpc) is 2.80. The predicted octanol–water partition coefficient (Wildman–Crippen LogP) is 4.11. The third-order valence-corrected chi connectivity index (χ3v) is 4.39. The molecule has 0 amide bonds. The van der Waals surface area contributed by atoms with Gasteiger partial charge >= 0.3 is 23.9 Å². The van der Waals surface area contributed by atoms with E-state index in [9.17, 15) is 19.2 Å². The fourth-order valence-electron chi connectivity index (χ4n) is 2.75. The van der Waals surface area contributed by atoms with Gasteiger partial charge in [0.05, 0.1) is 0 Å². The van der Waals surface area contributed by atoms with Gasteiger partial charge in [0.1, 0.15) is 12.2 Å². The molecule has 8 nitrogen and oxygen atoms in total. The maximum Gasteiger partial charge on any atom is 0.333 e. The Morgan fingerprint density at radius 3 is 1.41 bits per heavy atom. The highest BCUT2D eigenvalue weighted by atomic mass is 16.7. The van der Waals surface area contributed by atoms with Gasteiger partial charge in [-0.15, -0.1) is 0 Å². The topological polar surface area (TPSA) is 105 Å². The quantitative estimate of drug-likeness (QED) is 0.144. The number of hydrogen-bond acceptors (Lipinski definition) is 8. The van der Waals surface area contributed by atoms with E-state index in [1.165, 1.54) is 0 Å². The lowest BCUT2D eigenvalue weighted by atomic mass is 9.95. The molecule has 0 spiro atoms. The van der Waals surface area contributed by atoms with E-state index in [0.717, 1.165) is 43.6 Å². The molecule has 1 aliphatic rings. The first-order chi connectivity index (χ1) is 15.3. The molecular weight excluding hydrogens is 416 g/mol. The molecule has 0 atom stereocenters. The smallest absolute Gasteiger partial charge is 0.333 e. The fourth-order valence-corrected chi connectivity index (χ4v) is 2.75. The van der Waals surface area contributed by atoms with Crippen molar-refractivity contribution in [3.05, 3.63) is 50.6 Å². The van der Waals surface area contributed by atoms with Crippen LogP contribution in [-0.4, -0.2) is 42.4 Å². The number of carbonyl (C=O) groups is 4. The van der Waals surface area contributed by atoms with Gasteiger partial charge < -0.3 is 18.9 Å². The summed E-state index contributed by atoms with van der Waals surface area (Å²) in [7, 11) is 0. The van der Waals surface area contributed by atoms with Crippen LogP contribution in [0.5, 0.6) is 0 Å². The lowest BCUT2D eigenvalue weighted by molar-refractivity contribution is -0.182. The van der Waals surface area contributed by atoms with Crippen LogP contribution >= 0.6 is 0 Å². The van der Waals surface area contributed by atoms with E-state index in [4.69, 9.17) is 18.9 Å². The van der Waals surface area contributed by atoms with Crippen molar-refractivity contribution in [3.63, 3.8) is 0 Å². The van der Waals surface area contributed by atoms with Crippen molar-refractivity contribution in [2.75, 3.05) is 0 Å². The van der Waals surface area contributed by atoms with Gasteiger partial charge in [-0.1, -0.05) is 46.1 Å². The van der Waals surface area contributed by atoms with E-state index in [2.05, 4.69) is 33.2 Å². The van der Waals surface area contributed by atoms with E-state index in [1.54, 1.807) is 0 Å². The van der Waals surface area contributed by atoms with Gasteiger partial charge in [0.15, 0.2) is 0 Å².